The number of amides is 4. The number of nitrogens with zero attached hydrogens (tertiary/aromatic N) is 1. The van der Waals surface area contributed by atoms with Gasteiger partial charge >= 0.3 is 6.03 Å². The third kappa shape index (κ3) is 4.88. The lowest BCUT2D eigenvalue weighted by atomic mass is 9.93. The zero-order valence-electron chi connectivity index (χ0n) is 18.8. The molecular weight excluding hydrogens is 416 g/mol. The van der Waals surface area contributed by atoms with Crippen molar-refractivity contribution in [3.05, 3.63) is 83.9 Å². The summed E-state index contributed by atoms with van der Waals surface area (Å²) in [6.07, 6.45) is 1.07. The van der Waals surface area contributed by atoms with E-state index in [2.05, 4.69) is 16.1 Å². The first-order valence-electron chi connectivity index (χ1n) is 11.1. The molecule has 1 heterocycles. The molecule has 3 aromatic rings. The molecule has 0 bridgehead atoms. The normalized spacial score (nSPS) is 18.9. The maximum Gasteiger partial charge on any atom is 0.344 e. The summed E-state index contributed by atoms with van der Waals surface area (Å²) in [5.74, 6) is -0.920. The van der Waals surface area contributed by atoms with E-state index in [1.54, 1.807) is 6.92 Å². The first-order valence-corrected chi connectivity index (χ1v) is 11.1. The number of rotatable bonds is 8. The van der Waals surface area contributed by atoms with Crippen LogP contribution in [-0.4, -0.2) is 34.9 Å². The van der Waals surface area contributed by atoms with Gasteiger partial charge in [-0.25, -0.2) is 4.79 Å². The average Bonchev–Trinajstić information content (AvgIpc) is 3.04. The standard InChI is InChI=1S/C26H28N4O3/c1-18(21-14-8-12-20-11-6-7-13-22(20)21)27-17-23(31)29-30-24(32)26(2,28-25(30)33)16-15-19-9-4-3-5-10-19/h3-14,18,27H,15-17H2,1-2H3,(H,28,33)(H,29,31)/t18-,26+/m0/s1. The molecule has 1 aliphatic heterocycles. The van der Waals surface area contributed by atoms with Crippen LogP contribution in [0.15, 0.2) is 72.8 Å². The third-order valence-electron chi connectivity index (χ3n) is 6.11. The Bertz CT molecular complexity index is 1180. The molecule has 3 N–H and O–H groups in total. The van der Waals surface area contributed by atoms with E-state index in [9.17, 15) is 14.4 Å². The summed E-state index contributed by atoms with van der Waals surface area (Å²) >= 11 is 0. The number of carbonyl (C=O) groups excluding carboxylic acids is 3. The van der Waals surface area contributed by atoms with Crippen molar-refractivity contribution in [3.8, 4) is 0 Å². The van der Waals surface area contributed by atoms with Gasteiger partial charge in [-0.2, -0.15) is 5.01 Å². The summed E-state index contributed by atoms with van der Waals surface area (Å²) in [6, 6.07) is 23.2. The summed E-state index contributed by atoms with van der Waals surface area (Å²) in [6.45, 7) is 3.62. The highest BCUT2D eigenvalue weighted by Gasteiger charge is 2.48. The Hall–Kier alpha value is -3.71. The second-order valence-electron chi connectivity index (χ2n) is 8.59. The number of carbonyl (C=O) groups is 3. The van der Waals surface area contributed by atoms with E-state index in [1.165, 1.54) is 0 Å². The van der Waals surface area contributed by atoms with E-state index in [1.807, 2.05) is 79.7 Å². The lowest BCUT2D eigenvalue weighted by Gasteiger charge is -2.22. The minimum atomic E-state index is -1.07. The van der Waals surface area contributed by atoms with Crippen molar-refractivity contribution in [2.75, 3.05) is 6.54 Å². The van der Waals surface area contributed by atoms with Gasteiger partial charge in [0.15, 0.2) is 0 Å². The van der Waals surface area contributed by atoms with Crippen molar-refractivity contribution >= 4 is 28.6 Å². The van der Waals surface area contributed by atoms with Crippen LogP contribution in [0.5, 0.6) is 0 Å². The highest BCUT2D eigenvalue weighted by molar-refractivity contribution is 6.07. The minimum Gasteiger partial charge on any atom is -0.322 e. The van der Waals surface area contributed by atoms with Crippen LogP contribution < -0.4 is 16.1 Å². The highest BCUT2D eigenvalue weighted by Crippen LogP contribution is 2.24. The fourth-order valence-corrected chi connectivity index (χ4v) is 4.14. The zero-order chi connectivity index (χ0) is 23.4. The summed E-state index contributed by atoms with van der Waals surface area (Å²) < 4.78 is 0. The maximum absolute atomic E-state index is 12.9. The van der Waals surface area contributed by atoms with Crippen LogP contribution in [0.25, 0.3) is 10.8 Å². The smallest absolute Gasteiger partial charge is 0.322 e. The van der Waals surface area contributed by atoms with Crippen molar-refractivity contribution < 1.29 is 14.4 Å². The Morgan fingerprint density at radius 1 is 1.00 bits per heavy atom. The van der Waals surface area contributed by atoms with Gasteiger partial charge in [0.2, 0.25) is 0 Å². The monoisotopic (exact) mass is 444 g/mol. The number of imide groups is 1. The van der Waals surface area contributed by atoms with Crippen molar-refractivity contribution in [1.82, 2.24) is 21.1 Å². The lowest BCUT2D eigenvalue weighted by molar-refractivity contribution is -0.138. The summed E-state index contributed by atoms with van der Waals surface area (Å²) in [7, 11) is 0. The number of hydrogen-bond acceptors (Lipinski definition) is 4. The van der Waals surface area contributed by atoms with Crippen molar-refractivity contribution in [3.63, 3.8) is 0 Å². The van der Waals surface area contributed by atoms with Gasteiger partial charge in [-0.15, -0.1) is 0 Å². The fourth-order valence-electron chi connectivity index (χ4n) is 4.14. The second-order valence-corrected chi connectivity index (χ2v) is 8.59. The van der Waals surface area contributed by atoms with Crippen LogP contribution in [-0.2, 0) is 16.0 Å². The number of urea groups is 1. The van der Waals surface area contributed by atoms with Gasteiger partial charge in [0, 0.05) is 6.04 Å². The van der Waals surface area contributed by atoms with E-state index in [0.29, 0.717) is 12.8 Å². The van der Waals surface area contributed by atoms with Gasteiger partial charge < -0.3 is 10.6 Å². The molecule has 0 aliphatic carbocycles. The predicted octanol–water partition coefficient (Wildman–Crippen LogP) is 3.46. The Labute approximate surface area is 193 Å². The quantitative estimate of drug-likeness (QED) is 0.464. The Morgan fingerprint density at radius 2 is 1.70 bits per heavy atom. The SMILES string of the molecule is C[C@H](NCC(=O)NN1C(=O)N[C@](C)(CCc2ccccc2)C1=O)c1cccc2ccccc12. The first kappa shape index (κ1) is 22.5. The van der Waals surface area contributed by atoms with E-state index in [-0.39, 0.29) is 12.6 Å². The number of aryl methyl sites for hydroxylation is 1. The molecule has 7 nitrogen and oxygen atoms in total. The highest BCUT2D eigenvalue weighted by atomic mass is 16.2. The van der Waals surface area contributed by atoms with E-state index >= 15 is 0 Å². The van der Waals surface area contributed by atoms with Crippen LogP contribution in [0.3, 0.4) is 0 Å². The maximum atomic E-state index is 12.9. The van der Waals surface area contributed by atoms with Gasteiger partial charge in [-0.05, 0) is 48.6 Å². The van der Waals surface area contributed by atoms with E-state index in [4.69, 9.17) is 0 Å². The van der Waals surface area contributed by atoms with Gasteiger partial charge in [-0.3, -0.25) is 15.0 Å². The van der Waals surface area contributed by atoms with Crippen molar-refractivity contribution in [2.45, 2.75) is 38.3 Å². The number of hydrazine groups is 1. The topological polar surface area (TPSA) is 90.5 Å². The average molecular weight is 445 g/mol. The molecule has 3 aromatic carbocycles. The minimum absolute atomic E-state index is 0.0395. The van der Waals surface area contributed by atoms with Crippen LogP contribution in [0.4, 0.5) is 4.79 Å². The second kappa shape index (κ2) is 9.42. The molecule has 4 rings (SSSR count). The van der Waals surface area contributed by atoms with Gasteiger partial charge in [0.1, 0.15) is 5.54 Å². The molecule has 0 unspecified atom stereocenters. The van der Waals surface area contributed by atoms with Crippen molar-refractivity contribution in [2.24, 2.45) is 0 Å². The summed E-state index contributed by atoms with van der Waals surface area (Å²) in [5, 5.41) is 8.93. The number of hydrogen-bond donors (Lipinski definition) is 3. The molecule has 1 fully saturated rings. The zero-order valence-corrected chi connectivity index (χ0v) is 18.8. The number of fused-ring (bicyclic) bond motifs is 1. The predicted molar refractivity (Wildman–Crippen MR) is 127 cm³/mol. The lowest BCUT2D eigenvalue weighted by Crippen LogP contribution is -2.51. The molecule has 1 saturated heterocycles. The largest absolute Gasteiger partial charge is 0.344 e. The van der Waals surface area contributed by atoms with Crippen LogP contribution in [0, 0.1) is 0 Å². The molecule has 0 saturated carbocycles. The van der Waals surface area contributed by atoms with Crippen molar-refractivity contribution in [1.29, 1.82) is 0 Å². The van der Waals surface area contributed by atoms with Crippen LogP contribution in [0.2, 0.25) is 0 Å². The van der Waals surface area contributed by atoms with Crippen LogP contribution in [0.1, 0.15) is 37.4 Å². The molecule has 33 heavy (non-hydrogen) atoms. The molecule has 0 radical (unpaired) electrons. The van der Waals surface area contributed by atoms with Gasteiger partial charge in [-0.1, -0.05) is 72.8 Å². The van der Waals surface area contributed by atoms with Gasteiger partial charge in [0.25, 0.3) is 11.8 Å². The number of benzene rings is 3. The molecule has 2 atom stereocenters. The molecule has 1 aliphatic rings. The molecule has 4 amide bonds. The summed E-state index contributed by atoms with van der Waals surface area (Å²) in [5.41, 5.74) is 3.53. The van der Waals surface area contributed by atoms with Crippen LogP contribution >= 0.6 is 0 Å². The fraction of sp³-hybridized carbons (Fsp3) is 0.269. The Kier molecular flexibility index (Phi) is 6.42. The molecule has 0 aromatic heterocycles. The Morgan fingerprint density at radius 3 is 2.48 bits per heavy atom. The molecule has 170 valence electrons. The van der Waals surface area contributed by atoms with E-state index < -0.39 is 23.4 Å². The third-order valence-corrected chi connectivity index (χ3v) is 6.11. The Balaban J connectivity index is 1.34. The van der Waals surface area contributed by atoms with Gasteiger partial charge in [0.05, 0.1) is 6.54 Å². The summed E-state index contributed by atoms with van der Waals surface area (Å²) in [4.78, 5) is 37.9. The molecule has 0 spiro atoms. The molecular formula is C26H28N4O3. The first-order chi connectivity index (χ1) is 15.9. The molecule has 7 heteroatoms. The van der Waals surface area contributed by atoms with E-state index in [0.717, 1.165) is 26.9 Å². The number of nitrogens with one attached hydrogen (secondary N) is 3.